The van der Waals surface area contributed by atoms with Crippen LogP contribution in [0.4, 0.5) is 0 Å². The average molecular weight is 250 g/mol. The normalized spacial score (nSPS) is 22.9. The second-order valence-electron chi connectivity index (χ2n) is 4.62. The minimum Gasteiger partial charge on any atom is -0.386 e. The van der Waals surface area contributed by atoms with Crippen molar-refractivity contribution in [2.75, 3.05) is 19.8 Å². The number of hydrogen-bond acceptors (Lipinski definition) is 4. The number of carbonyl (C=O) groups is 1. The molecule has 0 saturated carbocycles. The summed E-state index contributed by atoms with van der Waals surface area (Å²) < 4.78 is 5.11. The third kappa shape index (κ3) is 3.78. The van der Waals surface area contributed by atoms with Gasteiger partial charge < -0.3 is 15.2 Å². The standard InChI is InChI=1S/C13H18N2O3/c16-12(5-4-11-3-1-2-7-14-11)15-9-13(17)6-8-18-10-13/h1-3,7,17H,4-6,8-10H2,(H,15,16). The quantitative estimate of drug-likeness (QED) is 0.787. The van der Waals surface area contributed by atoms with Gasteiger partial charge in [-0.1, -0.05) is 6.07 Å². The Bertz CT molecular complexity index is 388. The molecule has 0 spiro atoms. The molecule has 5 nitrogen and oxygen atoms in total. The molecule has 1 amide bonds. The van der Waals surface area contributed by atoms with Gasteiger partial charge in [-0.25, -0.2) is 0 Å². The van der Waals surface area contributed by atoms with E-state index in [1.165, 1.54) is 0 Å². The number of nitrogens with zero attached hydrogens (tertiary/aromatic N) is 1. The molecule has 0 bridgehead atoms. The summed E-state index contributed by atoms with van der Waals surface area (Å²) in [4.78, 5) is 15.8. The molecule has 1 aliphatic heterocycles. The van der Waals surface area contributed by atoms with Crippen molar-refractivity contribution in [2.45, 2.75) is 24.9 Å². The fraction of sp³-hybridized carbons (Fsp3) is 0.538. The molecule has 18 heavy (non-hydrogen) atoms. The first-order valence-electron chi connectivity index (χ1n) is 6.15. The van der Waals surface area contributed by atoms with Crippen LogP contribution in [0.1, 0.15) is 18.5 Å². The molecule has 1 aromatic heterocycles. The van der Waals surface area contributed by atoms with Crippen LogP contribution in [0.5, 0.6) is 0 Å². The largest absolute Gasteiger partial charge is 0.386 e. The molecule has 0 aromatic carbocycles. The van der Waals surface area contributed by atoms with Crippen molar-refractivity contribution in [3.8, 4) is 0 Å². The smallest absolute Gasteiger partial charge is 0.220 e. The van der Waals surface area contributed by atoms with Gasteiger partial charge in [0.1, 0.15) is 5.60 Å². The van der Waals surface area contributed by atoms with Gasteiger partial charge in [-0.2, -0.15) is 0 Å². The van der Waals surface area contributed by atoms with Crippen LogP contribution in [0.25, 0.3) is 0 Å². The van der Waals surface area contributed by atoms with E-state index in [4.69, 9.17) is 4.74 Å². The van der Waals surface area contributed by atoms with Crippen molar-refractivity contribution >= 4 is 5.91 Å². The number of pyridine rings is 1. The number of hydrogen-bond donors (Lipinski definition) is 2. The number of amides is 1. The summed E-state index contributed by atoms with van der Waals surface area (Å²) in [5, 5.41) is 12.7. The Morgan fingerprint density at radius 3 is 3.11 bits per heavy atom. The Kier molecular flexibility index (Phi) is 4.28. The highest BCUT2D eigenvalue weighted by molar-refractivity contribution is 5.76. The van der Waals surface area contributed by atoms with E-state index in [1.807, 2.05) is 18.2 Å². The molecule has 1 aromatic rings. The summed E-state index contributed by atoms with van der Waals surface area (Å²) in [6.45, 7) is 1.11. The summed E-state index contributed by atoms with van der Waals surface area (Å²) in [5.41, 5.74) is 0.0104. The van der Waals surface area contributed by atoms with Crippen LogP contribution in [0.15, 0.2) is 24.4 Å². The molecule has 1 unspecified atom stereocenters. The summed E-state index contributed by atoms with van der Waals surface area (Å²) in [6.07, 6.45) is 3.29. The molecular weight excluding hydrogens is 232 g/mol. The Morgan fingerprint density at radius 2 is 2.44 bits per heavy atom. The van der Waals surface area contributed by atoms with Gasteiger partial charge >= 0.3 is 0 Å². The van der Waals surface area contributed by atoms with E-state index in [9.17, 15) is 9.90 Å². The van der Waals surface area contributed by atoms with Gasteiger partial charge in [0.15, 0.2) is 0 Å². The van der Waals surface area contributed by atoms with E-state index < -0.39 is 5.60 Å². The van der Waals surface area contributed by atoms with Gasteiger partial charge in [-0.3, -0.25) is 9.78 Å². The lowest BCUT2D eigenvalue weighted by atomic mass is 10.0. The second-order valence-corrected chi connectivity index (χ2v) is 4.62. The molecule has 2 N–H and O–H groups in total. The number of ether oxygens (including phenoxy) is 1. The molecule has 2 rings (SSSR count). The van der Waals surface area contributed by atoms with Gasteiger partial charge in [-0.05, 0) is 18.6 Å². The van der Waals surface area contributed by atoms with Gasteiger partial charge in [0.05, 0.1) is 6.61 Å². The number of carbonyl (C=O) groups excluding carboxylic acids is 1. The summed E-state index contributed by atoms with van der Waals surface area (Å²) in [7, 11) is 0. The van der Waals surface area contributed by atoms with E-state index in [1.54, 1.807) is 6.20 Å². The zero-order chi connectivity index (χ0) is 12.8. The van der Waals surface area contributed by atoms with Gasteiger partial charge in [0.25, 0.3) is 0 Å². The lowest BCUT2D eigenvalue weighted by molar-refractivity contribution is -0.122. The molecule has 1 saturated heterocycles. The maximum Gasteiger partial charge on any atom is 0.220 e. The van der Waals surface area contributed by atoms with Gasteiger partial charge in [0.2, 0.25) is 5.91 Å². The van der Waals surface area contributed by atoms with Crippen LogP contribution in [0.2, 0.25) is 0 Å². The highest BCUT2D eigenvalue weighted by Gasteiger charge is 2.32. The lowest BCUT2D eigenvalue weighted by Gasteiger charge is -2.20. The molecule has 0 aliphatic carbocycles. The fourth-order valence-corrected chi connectivity index (χ4v) is 1.87. The van der Waals surface area contributed by atoms with Gasteiger partial charge in [-0.15, -0.1) is 0 Å². The van der Waals surface area contributed by atoms with Crippen LogP contribution in [0.3, 0.4) is 0 Å². The van der Waals surface area contributed by atoms with Crippen molar-refractivity contribution in [1.82, 2.24) is 10.3 Å². The predicted molar refractivity (Wildman–Crippen MR) is 66.0 cm³/mol. The Balaban J connectivity index is 1.69. The molecule has 1 fully saturated rings. The van der Waals surface area contributed by atoms with Crippen molar-refractivity contribution < 1.29 is 14.6 Å². The Labute approximate surface area is 106 Å². The molecule has 1 aliphatic rings. The number of nitrogens with one attached hydrogen (secondary N) is 1. The van der Waals surface area contributed by atoms with E-state index in [2.05, 4.69) is 10.3 Å². The Morgan fingerprint density at radius 1 is 1.56 bits per heavy atom. The maximum absolute atomic E-state index is 11.6. The third-order valence-corrected chi connectivity index (χ3v) is 3.03. The number of aryl methyl sites for hydroxylation is 1. The Hall–Kier alpha value is -1.46. The molecule has 1 atom stereocenters. The number of rotatable bonds is 5. The predicted octanol–water partition coefficient (Wildman–Crippen LogP) is 0.282. The van der Waals surface area contributed by atoms with Crippen LogP contribution < -0.4 is 5.32 Å². The van der Waals surface area contributed by atoms with E-state index in [-0.39, 0.29) is 12.5 Å². The summed E-state index contributed by atoms with van der Waals surface area (Å²) in [5.74, 6) is -0.0685. The monoisotopic (exact) mass is 250 g/mol. The van der Waals surface area contributed by atoms with Crippen LogP contribution >= 0.6 is 0 Å². The van der Waals surface area contributed by atoms with Gasteiger partial charge in [0, 0.05) is 37.9 Å². The topological polar surface area (TPSA) is 71.5 Å². The van der Waals surface area contributed by atoms with Crippen LogP contribution in [-0.2, 0) is 16.0 Å². The van der Waals surface area contributed by atoms with E-state index in [0.29, 0.717) is 32.5 Å². The number of aromatic nitrogens is 1. The average Bonchev–Trinajstić information content (AvgIpc) is 2.83. The lowest BCUT2D eigenvalue weighted by Crippen LogP contribution is -2.43. The van der Waals surface area contributed by atoms with Crippen LogP contribution in [-0.4, -0.2) is 41.4 Å². The molecular formula is C13H18N2O3. The highest BCUT2D eigenvalue weighted by Crippen LogP contribution is 2.16. The zero-order valence-corrected chi connectivity index (χ0v) is 10.3. The highest BCUT2D eigenvalue weighted by atomic mass is 16.5. The minimum atomic E-state index is -0.888. The SMILES string of the molecule is O=C(CCc1ccccn1)NCC1(O)CCOC1. The first kappa shape index (κ1) is 13.0. The summed E-state index contributed by atoms with van der Waals surface area (Å²) >= 11 is 0. The first-order chi connectivity index (χ1) is 8.68. The second kappa shape index (κ2) is 5.93. The van der Waals surface area contributed by atoms with Crippen molar-refractivity contribution in [1.29, 1.82) is 0 Å². The van der Waals surface area contributed by atoms with E-state index in [0.717, 1.165) is 5.69 Å². The molecule has 5 heteroatoms. The van der Waals surface area contributed by atoms with Crippen molar-refractivity contribution in [3.63, 3.8) is 0 Å². The minimum absolute atomic E-state index is 0.0685. The fourth-order valence-electron chi connectivity index (χ4n) is 1.87. The van der Waals surface area contributed by atoms with Crippen molar-refractivity contribution in [3.05, 3.63) is 30.1 Å². The molecule has 98 valence electrons. The van der Waals surface area contributed by atoms with Crippen molar-refractivity contribution in [2.24, 2.45) is 0 Å². The number of aliphatic hydroxyl groups is 1. The van der Waals surface area contributed by atoms with E-state index >= 15 is 0 Å². The molecule has 0 radical (unpaired) electrons. The summed E-state index contributed by atoms with van der Waals surface area (Å²) in [6, 6.07) is 5.64. The first-order valence-corrected chi connectivity index (χ1v) is 6.15. The van der Waals surface area contributed by atoms with Crippen LogP contribution in [0, 0.1) is 0 Å². The maximum atomic E-state index is 11.6. The third-order valence-electron chi connectivity index (χ3n) is 3.03. The molecule has 2 heterocycles. The zero-order valence-electron chi connectivity index (χ0n) is 10.3.